The number of rotatable bonds is 2. The lowest BCUT2D eigenvalue weighted by molar-refractivity contribution is -0.318. The fraction of sp³-hybridized carbons (Fsp3) is 0.733. The van der Waals surface area contributed by atoms with Crippen LogP contribution in [0.25, 0.3) is 0 Å². The minimum Gasteiger partial charge on any atom is -0.356 e. The van der Waals surface area contributed by atoms with E-state index in [2.05, 4.69) is 5.10 Å². The smallest absolute Gasteiger partial charge is 0.356 e. The van der Waals surface area contributed by atoms with Crippen LogP contribution in [0.1, 0.15) is 51.1 Å². The van der Waals surface area contributed by atoms with Gasteiger partial charge >= 0.3 is 6.18 Å². The lowest BCUT2D eigenvalue weighted by Crippen LogP contribution is -2.65. The number of halogens is 3. The van der Waals surface area contributed by atoms with Gasteiger partial charge in [-0.3, -0.25) is 9.48 Å². The molecule has 2 heterocycles. The molecule has 0 radical (unpaired) electrons. The summed E-state index contributed by atoms with van der Waals surface area (Å²) in [4.78, 5) is 13.7. The molecule has 0 bridgehead atoms. The summed E-state index contributed by atoms with van der Waals surface area (Å²) >= 11 is 0. The molecule has 2 rings (SSSR count). The number of morpholine rings is 1. The van der Waals surface area contributed by atoms with E-state index in [9.17, 15) is 18.0 Å². The molecule has 0 aromatic carbocycles. The Morgan fingerprint density at radius 2 is 1.91 bits per heavy atom. The maximum absolute atomic E-state index is 13.3. The number of hydrogen-bond acceptors (Lipinski definition) is 3. The zero-order valence-electron chi connectivity index (χ0n) is 13.9. The van der Waals surface area contributed by atoms with E-state index in [4.69, 9.17) is 4.74 Å². The lowest BCUT2D eigenvalue weighted by Gasteiger charge is -2.48. The van der Waals surface area contributed by atoms with Crippen molar-refractivity contribution in [3.63, 3.8) is 0 Å². The van der Waals surface area contributed by atoms with Crippen LogP contribution in [0.15, 0.2) is 12.3 Å². The number of aromatic nitrogens is 2. The van der Waals surface area contributed by atoms with Gasteiger partial charge in [0.1, 0.15) is 5.69 Å². The van der Waals surface area contributed by atoms with E-state index >= 15 is 0 Å². The second-order valence-corrected chi connectivity index (χ2v) is 7.03. The maximum atomic E-state index is 13.3. The molecule has 1 saturated heterocycles. The van der Waals surface area contributed by atoms with Gasteiger partial charge in [-0.1, -0.05) is 0 Å². The number of amides is 1. The fourth-order valence-electron chi connectivity index (χ4n) is 2.75. The quantitative estimate of drug-likeness (QED) is 0.836. The number of alkyl halides is 3. The van der Waals surface area contributed by atoms with E-state index in [0.717, 1.165) is 6.92 Å². The van der Waals surface area contributed by atoms with Gasteiger partial charge in [-0.05, 0) is 40.7 Å². The Kier molecular flexibility index (Phi) is 4.26. The van der Waals surface area contributed by atoms with Gasteiger partial charge in [0.2, 0.25) is 0 Å². The molecule has 1 aliphatic heterocycles. The third kappa shape index (κ3) is 3.52. The maximum Gasteiger partial charge on any atom is 0.418 e. The van der Waals surface area contributed by atoms with Gasteiger partial charge in [-0.2, -0.15) is 18.3 Å². The van der Waals surface area contributed by atoms with Crippen molar-refractivity contribution in [1.82, 2.24) is 14.7 Å². The first-order valence-corrected chi connectivity index (χ1v) is 7.46. The topological polar surface area (TPSA) is 47.4 Å². The Balaban J connectivity index is 2.28. The zero-order valence-corrected chi connectivity index (χ0v) is 13.9. The molecule has 1 atom stereocenters. The minimum atomic E-state index is -4.57. The highest BCUT2D eigenvalue weighted by atomic mass is 19.4. The highest BCUT2D eigenvalue weighted by Gasteiger charge is 2.58. The molecule has 1 aromatic rings. The number of ether oxygens (including phenoxy) is 1. The molecular formula is C15H22F3N3O2. The Hall–Kier alpha value is -1.57. The molecule has 1 aromatic heterocycles. The monoisotopic (exact) mass is 333 g/mol. The molecule has 0 saturated carbocycles. The molecule has 130 valence electrons. The zero-order chi connectivity index (χ0) is 17.6. The van der Waals surface area contributed by atoms with Crippen LogP contribution < -0.4 is 0 Å². The highest BCUT2D eigenvalue weighted by molar-refractivity contribution is 5.92. The van der Waals surface area contributed by atoms with E-state index in [-0.39, 0.29) is 18.3 Å². The summed E-state index contributed by atoms with van der Waals surface area (Å²) in [6.45, 7) is 7.40. The minimum absolute atomic E-state index is 0.0677. The van der Waals surface area contributed by atoms with Crippen LogP contribution in [0.4, 0.5) is 13.2 Å². The van der Waals surface area contributed by atoms with Crippen molar-refractivity contribution >= 4 is 5.91 Å². The van der Waals surface area contributed by atoms with Gasteiger partial charge in [0.15, 0.2) is 5.60 Å². The van der Waals surface area contributed by atoms with E-state index in [0.29, 0.717) is 0 Å². The van der Waals surface area contributed by atoms with E-state index < -0.39 is 29.8 Å². The average molecular weight is 333 g/mol. The predicted octanol–water partition coefficient (Wildman–Crippen LogP) is 3.04. The van der Waals surface area contributed by atoms with Crippen molar-refractivity contribution in [2.45, 2.75) is 58.0 Å². The average Bonchev–Trinajstić information content (AvgIpc) is 2.83. The molecule has 1 fully saturated rings. The molecule has 0 spiro atoms. The first-order valence-electron chi connectivity index (χ1n) is 7.46. The summed E-state index contributed by atoms with van der Waals surface area (Å²) in [5, 5.41) is 4.15. The number of hydrogen-bond donors (Lipinski definition) is 0. The molecule has 1 aliphatic rings. The van der Waals surface area contributed by atoms with Crippen molar-refractivity contribution in [2.75, 3.05) is 13.1 Å². The molecule has 0 unspecified atom stereocenters. The molecule has 8 heteroatoms. The van der Waals surface area contributed by atoms with Crippen LogP contribution in [0, 0.1) is 0 Å². The van der Waals surface area contributed by atoms with Gasteiger partial charge in [0, 0.05) is 18.8 Å². The number of nitrogens with zero attached hydrogens (tertiary/aromatic N) is 3. The van der Waals surface area contributed by atoms with Gasteiger partial charge in [-0.25, -0.2) is 0 Å². The van der Waals surface area contributed by atoms with Crippen LogP contribution in [-0.4, -0.2) is 51.1 Å². The van der Waals surface area contributed by atoms with Gasteiger partial charge in [0.25, 0.3) is 5.91 Å². The van der Waals surface area contributed by atoms with Crippen molar-refractivity contribution in [3.8, 4) is 0 Å². The van der Waals surface area contributed by atoms with Crippen molar-refractivity contribution in [3.05, 3.63) is 18.0 Å². The van der Waals surface area contributed by atoms with Crippen LogP contribution in [0.2, 0.25) is 0 Å². The molecule has 23 heavy (non-hydrogen) atoms. The van der Waals surface area contributed by atoms with Gasteiger partial charge < -0.3 is 9.64 Å². The van der Waals surface area contributed by atoms with Gasteiger partial charge in [-0.15, -0.1) is 0 Å². The third-order valence-electron chi connectivity index (χ3n) is 3.81. The first-order chi connectivity index (χ1) is 10.3. The second-order valence-electron chi connectivity index (χ2n) is 7.03. The summed E-state index contributed by atoms with van der Waals surface area (Å²) in [5.74, 6) is -0.517. The normalized spacial score (nSPS) is 25.0. The van der Waals surface area contributed by atoms with E-state index in [1.165, 1.54) is 11.0 Å². The van der Waals surface area contributed by atoms with Crippen LogP contribution in [-0.2, 0) is 4.74 Å². The first kappa shape index (κ1) is 17.8. The third-order valence-corrected chi connectivity index (χ3v) is 3.81. The van der Waals surface area contributed by atoms with E-state index in [1.807, 2.05) is 13.8 Å². The Morgan fingerprint density at radius 1 is 1.30 bits per heavy atom. The molecule has 0 N–H and O–H groups in total. The lowest BCUT2D eigenvalue weighted by atomic mass is 9.96. The summed E-state index contributed by atoms with van der Waals surface area (Å²) in [6, 6.07) is 1.59. The van der Waals surface area contributed by atoms with Crippen LogP contribution in [0.5, 0.6) is 0 Å². The summed E-state index contributed by atoms with van der Waals surface area (Å²) in [5.41, 5.74) is -3.36. The standard InChI is InChI=1S/C15H22F3N3O2/c1-10(2)21-7-6-11(19-21)12(22)20-8-13(3,4)23-14(5,9-20)15(16,17)18/h6-7,10H,8-9H2,1-5H3/t14-/m1/s1. The van der Waals surface area contributed by atoms with Crippen molar-refractivity contribution in [2.24, 2.45) is 0 Å². The Labute approximate surface area is 133 Å². The van der Waals surface area contributed by atoms with Crippen molar-refractivity contribution < 1.29 is 22.7 Å². The molecule has 1 amide bonds. The number of carbonyl (C=O) groups excluding carboxylic acids is 1. The van der Waals surface area contributed by atoms with Gasteiger partial charge in [0.05, 0.1) is 12.1 Å². The second kappa shape index (κ2) is 5.51. The molecular weight excluding hydrogens is 311 g/mol. The Morgan fingerprint density at radius 3 is 2.39 bits per heavy atom. The molecule has 0 aliphatic carbocycles. The van der Waals surface area contributed by atoms with Crippen LogP contribution in [0.3, 0.4) is 0 Å². The van der Waals surface area contributed by atoms with E-state index in [1.54, 1.807) is 24.7 Å². The molecule has 5 nitrogen and oxygen atoms in total. The summed E-state index contributed by atoms with van der Waals surface area (Å²) in [6.07, 6.45) is -2.92. The van der Waals surface area contributed by atoms with Crippen LogP contribution >= 0.6 is 0 Å². The van der Waals surface area contributed by atoms with Crippen molar-refractivity contribution in [1.29, 1.82) is 0 Å². The summed E-state index contributed by atoms with van der Waals surface area (Å²) < 4.78 is 46.8. The largest absolute Gasteiger partial charge is 0.418 e. The fourth-order valence-corrected chi connectivity index (χ4v) is 2.75. The SMILES string of the molecule is CC(C)n1ccc(C(=O)N2CC(C)(C)O[C@@](C)(C(F)(F)F)C2)n1. The number of carbonyl (C=O) groups is 1. The highest BCUT2D eigenvalue weighted by Crippen LogP contribution is 2.40. The summed E-state index contributed by atoms with van der Waals surface area (Å²) in [7, 11) is 0. The predicted molar refractivity (Wildman–Crippen MR) is 78.1 cm³/mol. The Bertz CT molecular complexity index is 595.